The third-order valence-corrected chi connectivity index (χ3v) is 3.59. The Morgan fingerprint density at radius 1 is 1.22 bits per heavy atom. The van der Waals surface area contributed by atoms with E-state index >= 15 is 0 Å². The van der Waals surface area contributed by atoms with Gasteiger partial charge in [-0.1, -0.05) is 18.2 Å². The molecule has 7 heteroatoms. The van der Waals surface area contributed by atoms with Crippen molar-refractivity contribution in [2.45, 2.75) is 26.3 Å². The highest BCUT2D eigenvalue weighted by Crippen LogP contribution is 2.15. The molecule has 23 heavy (non-hydrogen) atoms. The molecular formula is C16H16N4O3. The van der Waals surface area contributed by atoms with Crippen LogP contribution in [0.1, 0.15) is 18.5 Å². The predicted molar refractivity (Wildman–Crippen MR) is 84.7 cm³/mol. The van der Waals surface area contributed by atoms with Crippen LogP contribution >= 0.6 is 0 Å². The van der Waals surface area contributed by atoms with Gasteiger partial charge in [-0.25, -0.2) is 9.36 Å². The van der Waals surface area contributed by atoms with Crippen LogP contribution in [0.15, 0.2) is 41.3 Å². The van der Waals surface area contributed by atoms with Gasteiger partial charge in [0.15, 0.2) is 5.52 Å². The summed E-state index contributed by atoms with van der Waals surface area (Å²) in [6.45, 7) is 2.08. The Morgan fingerprint density at radius 2 is 1.96 bits per heavy atom. The van der Waals surface area contributed by atoms with E-state index in [1.807, 2.05) is 37.3 Å². The van der Waals surface area contributed by atoms with Gasteiger partial charge in [-0.3, -0.25) is 9.59 Å². The van der Waals surface area contributed by atoms with Crippen LogP contribution in [0.4, 0.5) is 0 Å². The van der Waals surface area contributed by atoms with E-state index in [2.05, 4.69) is 10.2 Å². The lowest BCUT2D eigenvalue weighted by molar-refractivity contribution is -0.137. The van der Waals surface area contributed by atoms with E-state index in [0.717, 1.165) is 5.69 Å². The highest BCUT2D eigenvalue weighted by Gasteiger charge is 2.13. The van der Waals surface area contributed by atoms with Crippen molar-refractivity contribution in [3.8, 4) is 5.69 Å². The van der Waals surface area contributed by atoms with Crippen molar-refractivity contribution in [1.82, 2.24) is 19.6 Å². The summed E-state index contributed by atoms with van der Waals surface area (Å²) in [4.78, 5) is 23.1. The van der Waals surface area contributed by atoms with E-state index in [0.29, 0.717) is 23.0 Å². The number of para-hydroxylation sites is 1. The fraction of sp³-hybridized carbons (Fsp3) is 0.250. The van der Waals surface area contributed by atoms with Crippen molar-refractivity contribution in [2.75, 3.05) is 0 Å². The monoisotopic (exact) mass is 312 g/mol. The highest BCUT2D eigenvalue weighted by atomic mass is 16.4. The van der Waals surface area contributed by atoms with Gasteiger partial charge in [0.25, 0.3) is 5.56 Å². The van der Waals surface area contributed by atoms with Gasteiger partial charge in [0.2, 0.25) is 0 Å². The number of aromatic nitrogens is 4. The molecule has 0 radical (unpaired) electrons. The lowest BCUT2D eigenvalue weighted by atomic mass is 10.2. The van der Waals surface area contributed by atoms with Crippen molar-refractivity contribution in [3.63, 3.8) is 0 Å². The van der Waals surface area contributed by atoms with E-state index in [-0.39, 0.29) is 18.5 Å². The molecule has 0 amide bonds. The van der Waals surface area contributed by atoms with E-state index in [1.165, 1.54) is 4.68 Å². The molecule has 0 bridgehead atoms. The zero-order valence-electron chi connectivity index (χ0n) is 12.6. The summed E-state index contributed by atoms with van der Waals surface area (Å²) in [6.07, 6.45) is 2.15. The van der Waals surface area contributed by atoms with Crippen LogP contribution in [-0.2, 0) is 11.3 Å². The van der Waals surface area contributed by atoms with Crippen molar-refractivity contribution in [2.24, 2.45) is 0 Å². The second kappa shape index (κ2) is 6.04. The van der Waals surface area contributed by atoms with Crippen molar-refractivity contribution >= 4 is 16.9 Å². The second-order valence-corrected chi connectivity index (χ2v) is 5.28. The van der Waals surface area contributed by atoms with Gasteiger partial charge in [-0.05, 0) is 25.5 Å². The average molecular weight is 312 g/mol. The van der Waals surface area contributed by atoms with E-state index in [9.17, 15) is 9.59 Å². The largest absolute Gasteiger partial charge is 0.481 e. The van der Waals surface area contributed by atoms with Gasteiger partial charge < -0.3 is 5.11 Å². The van der Waals surface area contributed by atoms with Crippen molar-refractivity contribution < 1.29 is 9.90 Å². The molecule has 7 nitrogen and oxygen atoms in total. The minimum atomic E-state index is -0.885. The zero-order valence-corrected chi connectivity index (χ0v) is 12.6. The maximum absolute atomic E-state index is 12.5. The van der Waals surface area contributed by atoms with Gasteiger partial charge in [-0.2, -0.15) is 10.2 Å². The molecule has 0 unspecified atom stereocenters. The molecule has 0 aliphatic heterocycles. The lowest BCUT2D eigenvalue weighted by Crippen LogP contribution is -2.24. The lowest BCUT2D eigenvalue weighted by Gasteiger charge is -2.04. The van der Waals surface area contributed by atoms with Gasteiger partial charge in [0.1, 0.15) is 0 Å². The Bertz CT molecular complexity index is 912. The molecule has 1 aromatic carbocycles. The first-order valence-corrected chi connectivity index (χ1v) is 7.30. The standard InChI is InChI=1S/C16H16N4O3/c1-11-13-10-20(12-6-3-2-4-7-12)18-15(13)16(23)19(17-11)9-5-8-14(21)22/h2-4,6-7,10H,5,8-9H2,1H3,(H,21,22). The number of hydrogen-bond donors (Lipinski definition) is 1. The fourth-order valence-corrected chi connectivity index (χ4v) is 2.44. The summed E-state index contributed by atoms with van der Waals surface area (Å²) >= 11 is 0. The van der Waals surface area contributed by atoms with Crippen LogP contribution in [-0.4, -0.2) is 30.6 Å². The van der Waals surface area contributed by atoms with Gasteiger partial charge in [-0.15, -0.1) is 0 Å². The first-order valence-electron chi connectivity index (χ1n) is 7.30. The molecule has 0 spiro atoms. The number of aryl methyl sites for hydroxylation is 2. The molecule has 0 atom stereocenters. The quantitative estimate of drug-likeness (QED) is 0.775. The molecule has 0 fully saturated rings. The third-order valence-electron chi connectivity index (χ3n) is 3.59. The number of aliphatic carboxylic acids is 1. The number of hydrogen-bond acceptors (Lipinski definition) is 4. The Morgan fingerprint density at radius 3 is 2.65 bits per heavy atom. The van der Waals surface area contributed by atoms with Crippen LogP contribution < -0.4 is 5.56 Å². The van der Waals surface area contributed by atoms with Crippen molar-refractivity contribution in [1.29, 1.82) is 0 Å². The maximum atomic E-state index is 12.5. The molecular weight excluding hydrogens is 296 g/mol. The second-order valence-electron chi connectivity index (χ2n) is 5.28. The van der Waals surface area contributed by atoms with Crippen molar-refractivity contribution in [3.05, 3.63) is 52.6 Å². The summed E-state index contributed by atoms with van der Waals surface area (Å²) in [7, 11) is 0. The predicted octanol–water partition coefficient (Wildman–Crippen LogP) is 1.76. The number of fused-ring (bicyclic) bond motifs is 1. The Labute approximate surface area is 131 Å². The molecule has 2 aromatic heterocycles. The van der Waals surface area contributed by atoms with Crippen LogP contribution in [0.3, 0.4) is 0 Å². The van der Waals surface area contributed by atoms with E-state index in [4.69, 9.17) is 5.11 Å². The van der Waals surface area contributed by atoms with Gasteiger partial charge >= 0.3 is 5.97 Å². The first-order chi connectivity index (χ1) is 11.1. The van der Waals surface area contributed by atoms with Gasteiger partial charge in [0, 0.05) is 24.5 Å². The number of benzene rings is 1. The Balaban J connectivity index is 2.02. The summed E-state index contributed by atoms with van der Waals surface area (Å²) < 4.78 is 2.95. The summed E-state index contributed by atoms with van der Waals surface area (Å²) in [6, 6.07) is 9.52. The molecule has 118 valence electrons. The Kier molecular flexibility index (Phi) is 3.92. The number of rotatable bonds is 5. The van der Waals surface area contributed by atoms with Crippen LogP contribution in [0.2, 0.25) is 0 Å². The summed E-state index contributed by atoms with van der Waals surface area (Å²) in [5, 5.41) is 18.0. The SMILES string of the molecule is Cc1nn(CCCC(=O)O)c(=O)c2nn(-c3ccccc3)cc12. The topological polar surface area (TPSA) is 90.0 Å². The number of carboxylic acid groups (broad SMARTS) is 1. The average Bonchev–Trinajstić information content (AvgIpc) is 2.99. The maximum Gasteiger partial charge on any atom is 0.303 e. The first kappa shape index (κ1) is 15.0. The zero-order chi connectivity index (χ0) is 16.4. The van der Waals surface area contributed by atoms with Gasteiger partial charge in [0.05, 0.1) is 11.4 Å². The highest BCUT2D eigenvalue weighted by molar-refractivity contribution is 5.79. The molecule has 0 saturated heterocycles. The Hall–Kier alpha value is -2.96. The van der Waals surface area contributed by atoms with Crippen LogP contribution in [0, 0.1) is 6.92 Å². The molecule has 3 aromatic rings. The molecule has 2 heterocycles. The summed E-state index contributed by atoms with van der Waals surface area (Å²) in [5.74, 6) is -0.885. The molecule has 0 saturated carbocycles. The van der Waals surface area contributed by atoms with E-state index < -0.39 is 5.97 Å². The van der Waals surface area contributed by atoms with Crippen LogP contribution in [0.5, 0.6) is 0 Å². The minimum absolute atomic E-state index is 0.00363. The molecule has 0 aliphatic rings. The normalized spacial score (nSPS) is 11.0. The number of carboxylic acids is 1. The smallest absolute Gasteiger partial charge is 0.303 e. The minimum Gasteiger partial charge on any atom is -0.481 e. The molecule has 0 aliphatic carbocycles. The fourth-order valence-electron chi connectivity index (χ4n) is 2.44. The third kappa shape index (κ3) is 2.98. The molecule has 3 rings (SSSR count). The number of carbonyl (C=O) groups is 1. The van der Waals surface area contributed by atoms with Crippen LogP contribution in [0.25, 0.3) is 16.6 Å². The van der Waals surface area contributed by atoms with E-state index in [1.54, 1.807) is 10.9 Å². The summed E-state index contributed by atoms with van der Waals surface area (Å²) in [5.41, 5.74) is 1.60. The molecule has 1 N–H and O–H groups in total. The number of nitrogens with zero attached hydrogens (tertiary/aromatic N) is 4.